The van der Waals surface area contributed by atoms with E-state index in [1.54, 1.807) is 43.5 Å². The van der Waals surface area contributed by atoms with Crippen LogP contribution >= 0.6 is 0 Å². The fraction of sp³-hybridized carbons (Fsp3) is 0.350. The smallest absolute Gasteiger partial charge is 0.339 e. The van der Waals surface area contributed by atoms with Gasteiger partial charge in [0.25, 0.3) is 0 Å². The van der Waals surface area contributed by atoms with E-state index in [4.69, 9.17) is 13.7 Å². The fourth-order valence-electron chi connectivity index (χ4n) is 2.79. The van der Waals surface area contributed by atoms with Crippen LogP contribution in [0.15, 0.2) is 46.4 Å². The highest BCUT2D eigenvalue weighted by molar-refractivity contribution is 7.87. The first-order valence-corrected chi connectivity index (χ1v) is 10.4. The maximum absolute atomic E-state index is 12.7. The normalized spacial score (nSPS) is 15.0. The summed E-state index contributed by atoms with van der Waals surface area (Å²) in [7, 11) is -2.51. The van der Waals surface area contributed by atoms with Crippen molar-refractivity contribution < 1.29 is 22.1 Å². The van der Waals surface area contributed by atoms with Crippen LogP contribution in [0.3, 0.4) is 0 Å². The molecule has 8 heteroatoms. The van der Waals surface area contributed by atoms with E-state index in [1.807, 2.05) is 18.0 Å². The van der Waals surface area contributed by atoms with Gasteiger partial charge < -0.3 is 13.7 Å². The molecular formula is C20H24N2O5S. The number of morpholine rings is 1. The van der Waals surface area contributed by atoms with Gasteiger partial charge in [-0.05, 0) is 54.8 Å². The van der Waals surface area contributed by atoms with Gasteiger partial charge in [-0.25, -0.2) is 0 Å². The zero-order chi connectivity index (χ0) is 20.1. The lowest BCUT2D eigenvalue weighted by Gasteiger charge is -2.23. The Bertz CT molecular complexity index is 967. The molecule has 2 aromatic carbocycles. The van der Waals surface area contributed by atoms with Crippen LogP contribution in [0.25, 0.3) is 0 Å². The minimum atomic E-state index is -3.98. The van der Waals surface area contributed by atoms with E-state index >= 15 is 0 Å². The fourth-order valence-corrected chi connectivity index (χ4v) is 4.05. The van der Waals surface area contributed by atoms with Gasteiger partial charge in [0.1, 0.15) is 4.90 Å². The van der Waals surface area contributed by atoms with Gasteiger partial charge in [-0.15, -0.1) is 0 Å². The van der Waals surface area contributed by atoms with Crippen molar-refractivity contribution >= 4 is 16.3 Å². The second kappa shape index (κ2) is 8.62. The van der Waals surface area contributed by atoms with Crippen molar-refractivity contribution in [3.05, 3.63) is 53.1 Å². The predicted molar refractivity (Wildman–Crippen MR) is 107 cm³/mol. The lowest BCUT2D eigenvalue weighted by atomic mass is 10.2. The van der Waals surface area contributed by atoms with Crippen molar-refractivity contribution in [1.29, 1.82) is 0 Å². The van der Waals surface area contributed by atoms with Crippen molar-refractivity contribution in [3.63, 3.8) is 0 Å². The standard InChI is InChI=1S/C20H24N2O5S/c1-15-4-5-16(2)20(12-15)28(23,24)27-18-7-6-17(13-19(18)25-3)14-21-22-8-10-26-11-9-22/h4-7,12-14H,8-11H2,1-3H3. The quantitative estimate of drug-likeness (QED) is 0.544. The molecule has 0 aliphatic carbocycles. The van der Waals surface area contributed by atoms with Crippen molar-refractivity contribution in [2.45, 2.75) is 18.7 Å². The van der Waals surface area contributed by atoms with E-state index in [0.29, 0.717) is 24.5 Å². The molecule has 1 fully saturated rings. The summed E-state index contributed by atoms with van der Waals surface area (Å²) in [4.78, 5) is 0.146. The molecule has 0 N–H and O–H groups in total. The van der Waals surface area contributed by atoms with Crippen molar-refractivity contribution in [2.75, 3.05) is 33.4 Å². The van der Waals surface area contributed by atoms with Gasteiger partial charge in [-0.1, -0.05) is 12.1 Å². The Balaban J connectivity index is 1.82. The molecule has 2 aromatic rings. The van der Waals surface area contributed by atoms with Crippen LogP contribution in [0, 0.1) is 13.8 Å². The van der Waals surface area contributed by atoms with Gasteiger partial charge in [0, 0.05) is 0 Å². The molecule has 0 unspecified atom stereocenters. The van der Waals surface area contributed by atoms with Gasteiger partial charge in [-0.3, -0.25) is 5.01 Å². The Morgan fingerprint density at radius 1 is 1.07 bits per heavy atom. The lowest BCUT2D eigenvalue weighted by molar-refractivity contribution is 0.0397. The highest BCUT2D eigenvalue weighted by atomic mass is 32.2. The maximum atomic E-state index is 12.7. The van der Waals surface area contributed by atoms with Crippen molar-refractivity contribution in [3.8, 4) is 11.5 Å². The molecule has 1 heterocycles. The molecule has 1 saturated heterocycles. The van der Waals surface area contributed by atoms with Crippen LogP contribution in [0.5, 0.6) is 11.5 Å². The molecule has 1 aliphatic rings. The van der Waals surface area contributed by atoms with Crippen LogP contribution < -0.4 is 8.92 Å². The molecule has 0 bridgehead atoms. The molecular weight excluding hydrogens is 380 g/mol. The Morgan fingerprint density at radius 2 is 1.82 bits per heavy atom. The van der Waals surface area contributed by atoms with E-state index in [-0.39, 0.29) is 10.6 Å². The second-order valence-electron chi connectivity index (χ2n) is 6.53. The molecule has 0 aromatic heterocycles. The Morgan fingerprint density at radius 3 is 2.54 bits per heavy atom. The first kappa shape index (κ1) is 20.2. The molecule has 0 radical (unpaired) electrons. The van der Waals surface area contributed by atoms with Crippen molar-refractivity contribution in [2.24, 2.45) is 5.10 Å². The number of hydrogen-bond donors (Lipinski definition) is 0. The number of ether oxygens (including phenoxy) is 2. The summed E-state index contributed by atoms with van der Waals surface area (Å²) in [6.07, 6.45) is 1.71. The summed E-state index contributed by atoms with van der Waals surface area (Å²) in [6.45, 7) is 6.36. The lowest BCUT2D eigenvalue weighted by Crippen LogP contribution is -2.32. The number of hydrazone groups is 1. The minimum absolute atomic E-state index is 0.131. The highest BCUT2D eigenvalue weighted by Crippen LogP contribution is 2.31. The van der Waals surface area contributed by atoms with Crippen LogP contribution in [0.1, 0.15) is 16.7 Å². The second-order valence-corrected chi connectivity index (χ2v) is 8.04. The van der Waals surface area contributed by atoms with Gasteiger partial charge in [0.15, 0.2) is 11.5 Å². The number of hydrogen-bond acceptors (Lipinski definition) is 7. The number of aryl methyl sites for hydroxylation is 2. The first-order chi connectivity index (χ1) is 13.4. The van der Waals surface area contributed by atoms with E-state index in [2.05, 4.69) is 5.10 Å². The van der Waals surface area contributed by atoms with Crippen LogP contribution in [0.4, 0.5) is 0 Å². The number of methoxy groups -OCH3 is 1. The third kappa shape index (κ3) is 4.82. The summed E-state index contributed by atoms with van der Waals surface area (Å²) in [6, 6.07) is 10.2. The Hall–Kier alpha value is -2.58. The zero-order valence-corrected chi connectivity index (χ0v) is 17.0. The number of rotatable bonds is 6. The van der Waals surface area contributed by atoms with E-state index in [0.717, 1.165) is 24.2 Å². The van der Waals surface area contributed by atoms with Crippen LogP contribution in [-0.4, -0.2) is 53.1 Å². The molecule has 7 nitrogen and oxygen atoms in total. The summed E-state index contributed by atoms with van der Waals surface area (Å²) in [5, 5.41) is 6.34. The Kier molecular flexibility index (Phi) is 6.21. The summed E-state index contributed by atoms with van der Waals surface area (Å²) < 4.78 is 41.5. The van der Waals surface area contributed by atoms with Crippen LogP contribution in [-0.2, 0) is 14.9 Å². The molecule has 0 saturated carbocycles. The average molecular weight is 404 g/mol. The molecule has 1 aliphatic heterocycles. The largest absolute Gasteiger partial charge is 0.493 e. The number of benzene rings is 2. The summed E-state index contributed by atoms with van der Waals surface area (Å²) in [5.74, 6) is 0.451. The van der Waals surface area contributed by atoms with E-state index in [9.17, 15) is 8.42 Å². The molecule has 0 atom stereocenters. The van der Waals surface area contributed by atoms with E-state index in [1.165, 1.54) is 7.11 Å². The van der Waals surface area contributed by atoms with Gasteiger partial charge in [-0.2, -0.15) is 13.5 Å². The van der Waals surface area contributed by atoms with Gasteiger partial charge in [0.05, 0.1) is 39.6 Å². The topological polar surface area (TPSA) is 77.4 Å². The van der Waals surface area contributed by atoms with Crippen LogP contribution in [0.2, 0.25) is 0 Å². The maximum Gasteiger partial charge on any atom is 0.339 e. The molecule has 0 amide bonds. The summed E-state index contributed by atoms with van der Waals surface area (Å²) in [5.41, 5.74) is 2.24. The average Bonchev–Trinajstić information content (AvgIpc) is 2.69. The minimum Gasteiger partial charge on any atom is -0.493 e. The van der Waals surface area contributed by atoms with Gasteiger partial charge in [0.2, 0.25) is 0 Å². The third-order valence-corrected chi connectivity index (χ3v) is 5.74. The van der Waals surface area contributed by atoms with Crippen molar-refractivity contribution in [1.82, 2.24) is 5.01 Å². The molecule has 150 valence electrons. The zero-order valence-electron chi connectivity index (χ0n) is 16.2. The highest BCUT2D eigenvalue weighted by Gasteiger charge is 2.21. The number of nitrogens with zero attached hydrogens (tertiary/aromatic N) is 2. The van der Waals surface area contributed by atoms with Gasteiger partial charge >= 0.3 is 10.1 Å². The predicted octanol–water partition coefficient (Wildman–Crippen LogP) is 2.75. The molecule has 28 heavy (non-hydrogen) atoms. The van der Waals surface area contributed by atoms with E-state index < -0.39 is 10.1 Å². The third-order valence-electron chi connectivity index (χ3n) is 4.36. The molecule has 0 spiro atoms. The SMILES string of the molecule is COc1cc(C=NN2CCOCC2)ccc1OS(=O)(=O)c1cc(C)ccc1C. The monoisotopic (exact) mass is 404 g/mol. The first-order valence-electron chi connectivity index (χ1n) is 8.95. The molecule has 3 rings (SSSR count). The Labute approximate surface area is 165 Å². The summed E-state index contributed by atoms with van der Waals surface area (Å²) >= 11 is 0.